The van der Waals surface area contributed by atoms with Crippen molar-refractivity contribution in [2.75, 3.05) is 6.54 Å². The van der Waals surface area contributed by atoms with Gasteiger partial charge in [0.05, 0.1) is 12.8 Å². The van der Waals surface area contributed by atoms with E-state index in [4.69, 9.17) is 27.9 Å². The minimum absolute atomic E-state index is 0.205. The van der Waals surface area contributed by atoms with Crippen LogP contribution < -0.4 is 15.5 Å². The molecule has 2 N–H and O–H groups in total. The number of carbonyl (C=O) groups excluding carboxylic acids is 2. The molecule has 0 fully saturated rings. The van der Waals surface area contributed by atoms with Gasteiger partial charge in [0, 0.05) is 15.6 Å². The molecule has 31 heavy (non-hydrogen) atoms. The lowest BCUT2D eigenvalue weighted by Gasteiger charge is -2.07. The third kappa shape index (κ3) is 7.44. The second-order valence-corrected chi connectivity index (χ2v) is 7.34. The van der Waals surface area contributed by atoms with Gasteiger partial charge in [-0.05, 0) is 59.7 Å². The van der Waals surface area contributed by atoms with Crippen LogP contribution in [0.2, 0.25) is 10.0 Å². The van der Waals surface area contributed by atoms with Crippen molar-refractivity contribution in [3.63, 3.8) is 0 Å². The molecule has 3 rings (SSSR count). The summed E-state index contributed by atoms with van der Waals surface area (Å²) in [5, 5.41) is 7.63. The zero-order valence-corrected chi connectivity index (χ0v) is 17.9. The normalized spacial score (nSPS) is 10.6. The van der Waals surface area contributed by atoms with Crippen LogP contribution in [0, 0.1) is 0 Å². The molecule has 3 aromatic carbocycles. The first-order valence-corrected chi connectivity index (χ1v) is 10.1. The zero-order chi connectivity index (χ0) is 22.1. The first kappa shape index (κ1) is 22.3. The highest BCUT2D eigenvalue weighted by atomic mass is 35.5. The Morgan fingerprint density at radius 2 is 1.61 bits per heavy atom. The predicted molar refractivity (Wildman–Crippen MR) is 122 cm³/mol. The fourth-order valence-corrected chi connectivity index (χ4v) is 2.77. The van der Waals surface area contributed by atoms with Gasteiger partial charge in [-0.1, -0.05) is 47.5 Å². The van der Waals surface area contributed by atoms with E-state index >= 15 is 0 Å². The number of nitrogens with zero attached hydrogens (tertiary/aromatic N) is 1. The smallest absolute Gasteiger partial charge is 0.259 e. The summed E-state index contributed by atoms with van der Waals surface area (Å²) in [6.45, 7) is 0.199. The molecule has 8 heteroatoms. The van der Waals surface area contributed by atoms with Gasteiger partial charge in [-0.15, -0.1) is 0 Å². The topological polar surface area (TPSA) is 79.8 Å². The third-order valence-corrected chi connectivity index (χ3v) is 4.60. The average Bonchev–Trinajstić information content (AvgIpc) is 2.78. The molecule has 3 aromatic rings. The quantitative estimate of drug-likeness (QED) is 0.388. The van der Waals surface area contributed by atoms with E-state index in [1.165, 1.54) is 6.21 Å². The van der Waals surface area contributed by atoms with Gasteiger partial charge in [-0.25, -0.2) is 5.43 Å². The number of hydrogen-bond acceptors (Lipinski definition) is 4. The summed E-state index contributed by atoms with van der Waals surface area (Å²) in [5.74, 6) is -0.157. The summed E-state index contributed by atoms with van der Waals surface area (Å²) in [6.07, 6.45) is 1.49. The molecular weight excluding hydrogens is 437 g/mol. The maximum Gasteiger partial charge on any atom is 0.259 e. The predicted octanol–water partition coefficient (Wildman–Crippen LogP) is 4.45. The van der Waals surface area contributed by atoms with Crippen molar-refractivity contribution in [3.8, 4) is 5.75 Å². The Morgan fingerprint density at radius 3 is 2.32 bits per heavy atom. The van der Waals surface area contributed by atoms with Crippen molar-refractivity contribution in [2.24, 2.45) is 5.10 Å². The van der Waals surface area contributed by atoms with Gasteiger partial charge in [0.1, 0.15) is 12.4 Å². The van der Waals surface area contributed by atoms with Gasteiger partial charge in [0.2, 0.25) is 0 Å². The van der Waals surface area contributed by atoms with E-state index in [-0.39, 0.29) is 12.5 Å². The largest absolute Gasteiger partial charge is 0.489 e. The lowest BCUT2D eigenvalue weighted by Crippen LogP contribution is -2.34. The summed E-state index contributed by atoms with van der Waals surface area (Å²) in [4.78, 5) is 23.9. The van der Waals surface area contributed by atoms with Crippen molar-refractivity contribution in [3.05, 3.63) is 99.5 Å². The number of amides is 2. The van der Waals surface area contributed by atoms with Crippen LogP contribution in [0.25, 0.3) is 0 Å². The highest BCUT2D eigenvalue weighted by Crippen LogP contribution is 2.16. The van der Waals surface area contributed by atoms with Crippen molar-refractivity contribution >= 4 is 41.2 Å². The molecule has 0 saturated carbocycles. The molecule has 0 aromatic heterocycles. The van der Waals surface area contributed by atoms with E-state index in [0.717, 1.165) is 11.1 Å². The van der Waals surface area contributed by atoms with Crippen LogP contribution in [0.3, 0.4) is 0 Å². The number of carbonyl (C=O) groups is 2. The van der Waals surface area contributed by atoms with Gasteiger partial charge in [0.25, 0.3) is 11.8 Å². The number of hydrogen-bond donors (Lipinski definition) is 2. The van der Waals surface area contributed by atoms with E-state index in [1.807, 2.05) is 42.5 Å². The molecule has 0 bridgehead atoms. The fourth-order valence-electron chi connectivity index (χ4n) is 2.51. The van der Waals surface area contributed by atoms with Crippen LogP contribution in [0.5, 0.6) is 5.75 Å². The van der Waals surface area contributed by atoms with Crippen LogP contribution in [0.15, 0.2) is 77.9 Å². The van der Waals surface area contributed by atoms with Gasteiger partial charge in [-0.2, -0.15) is 5.10 Å². The molecule has 0 atom stereocenters. The maximum absolute atomic E-state index is 12.0. The maximum atomic E-state index is 12.0. The lowest BCUT2D eigenvalue weighted by atomic mass is 10.2. The van der Waals surface area contributed by atoms with Crippen molar-refractivity contribution in [2.45, 2.75) is 6.61 Å². The van der Waals surface area contributed by atoms with E-state index in [1.54, 1.807) is 30.3 Å². The minimum atomic E-state index is -0.450. The lowest BCUT2D eigenvalue weighted by molar-refractivity contribution is -0.120. The van der Waals surface area contributed by atoms with Gasteiger partial charge >= 0.3 is 0 Å². The SMILES string of the molecule is O=C(CNC(=O)c1ccc(Cl)cc1)NN=Cc1cccc(OCc2ccc(Cl)cc2)c1. The van der Waals surface area contributed by atoms with Gasteiger partial charge in [-0.3, -0.25) is 9.59 Å². The zero-order valence-electron chi connectivity index (χ0n) is 16.3. The Labute approximate surface area is 189 Å². The Bertz CT molecular complexity index is 1070. The van der Waals surface area contributed by atoms with E-state index in [0.29, 0.717) is 28.0 Å². The molecule has 2 amide bonds. The van der Waals surface area contributed by atoms with E-state index in [2.05, 4.69) is 15.8 Å². The van der Waals surface area contributed by atoms with Gasteiger partial charge < -0.3 is 10.1 Å². The molecule has 0 heterocycles. The monoisotopic (exact) mass is 455 g/mol. The van der Waals surface area contributed by atoms with Crippen LogP contribution in [-0.4, -0.2) is 24.6 Å². The molecule has 6 nitrogen and oxygen atoms in total. The van der Waals surface area contributed by atoms with Crippen molar-refractivity contribution < 1.29 is 14.3 Å². The highest BCUT2D eigenvalue weighted by molar-refractivity contribution is 6.30. The fraction of sp³-hybridized carbons (Fsp3) is 0.0870. The summed E-state index contributed by atoms with van der Waals surface area (Å²) in [5.41, 5.74) is 4.53. The molecule has 0 saturated heterocycles. The third-order valence-electron chi connectivity index (χ3n) is 4.10. The van der Waals surface area contributed by atoms with Crippen LogP contribution in [0.4, 0.5) is 0 Å². The summed E-state index contributed by atoms with van der Waals surface area (Å²) in [7, 11) is 0. The number of ether oxygens (including phenoxy) is 1. The van der Waals surface area contributed by atoms with Crippen LogP contribution in [0.1, 0.15) is 21.5 Å². The molecule has 158 valence electrons. The average molecular weight is 456 g/mol. The Morgan fingerprint density at radius 1 is 0.935 bits per heavy atom. The first-order chi connectivity index (χ1) is 15.0. The summed E-state index contributed by atoms with van der Waals surface area (Å²) >= 11 is 11.7. The molecule has 0 unspecified atom stereocenters. The van der Waals surface area contributed by atoms with Crippen LogP contribution >= 0.6 is 23.2 Å². The second kappa shape index (κ2) is 11.2. The molecule has 0 aliphatic rings. The number of hydrazone groups is 1. The Hall–Kier alpha value is -3.35. The van der Waals surface area contributed by atoms with Crippen LogP contribution in [-0.2, 0) is 11.4 Å². The number of nitrogens with one attached hydrogen (secondary N) is 2. The number of halogens is 2. The van der Waals surface area contributed by atoms with Gasteiger partial charge in [0.15, 0.2) is 0 Å². The summed E-state index contributed by atoms with van der Waals surface area (Å²) in [6, 6.07) is 21.1. The van der Waals surface area contributed by atoms with Crippen molar-refractivity contribution in [1.29, 1.82) is 0 Å². The van der Waals surface area contributed by atoms with E-state index < -0.39 is 5.91 Å². The highest BCUT2D eigenvalue weighted by Gasteiger charge is 2.07. The number of rotatable bonds is 8. The molecular formula is C23H19Cl2N3O3. The molecule has 0 aliphatic carbocycles. The molecule has 0 radical (unpaired) electrons. The van der Waals surface area contributed by atoms with Crippen molar-refractivity contribution in [1.82, 2.24) is 10.7 Å². The molecule has 0 spiro atoms. The van der Waals surface area contributed by atoms with E-state index in [9.17, 15) is 9.59 Å². The standard InChI is InChI=1S/C23H19Cl2N3O3/c24-19-8-4-16(5-9-19)15-31-21-3-1-2-17(12-21)13-27-28-22(29)14-26-23(30)18-6-10-20(25)11-7-18/h1-13H,14-15H2,(H,26,30)(H,28,29). The molecule has 0 aliphatic heterocycles. The minimum Gasteiger partial charge on any atom is -0.489 e. The Kier molecular flexibility index (Phi) is 8.04. The first-order valence-electron chi connectivity index (χ1n) is 9.32. The number of benzene rings is 3. The summed E-state index contributed by atoms with van der Waals surface area (Å²) < 4.78 is 5.77. The Balaban J connectivity index is 1.45. The second-order valence-electron chi connectivity index (χ2n) is 6.47.